The lowest BCUT2D eigenvalue weighted by atomic mass is 9.97. The summed E-state index contributed by atoms with van der Waals surface area (Å²) in [5.41, 5.74) is 6.65. The van der Waals surface area contributed by atoms with E-state index in [1.54, 1.807) is 0 Å². The highest BCUT2D eigenvalue weighted by molar-refractivity contribution is 5.92. The average molecular weight is 336 g/mol. The monoisotopic (exact) mass is 336 g/mol. The molecule has 0 unspecified atom stereocenters. The topological polar surface area (TPSA) is 56.6 Å². The average Bonchev–Trinajstić information content (AvgIpc) is 3.06. The second-order valence-electron chi connectivity index (χ2n) is 6.26. The van der Waals surface area contributed by atoms with E-state index in [2.05, 4.69) is 23.2 Å². The summed E-state index contributed by atoms with van der Waals surface area (Å²) in [5.74, 6) is 0. The van der Waals surface area contributed by atoms with Crippen molar-refractivity contribution in [3.8, 4) is 17.3 Å². The number of hydrogen-bond donors (Lipinski definition) is 1. The first-order valence-electron chi connectivity index (χ1n) is 8.43. The van der Waals surface area contributed by atoms with Crippen molar-refractivity contribution in [2.24, 2.45) is 0 Å². The normalized spacial score (nSPS) is 10.6. The fraction of sp³-hybridized carbons (Fsp3) is 0.0435. The first-order chi connectivity index (χ1) is 12.8. The number of aromatic nitrogens is 1. The maximum atomic E-state index is 11.1. The minimum atomic E-state index is 0.632. The smallest absolute Gasteiger partial charge is 0.150 e. The van der Waals surface area contributed by atoms with Gasteiger partial charge in [0, 0.05) is 22.9 Å². The molecule has 0 saturated carbocycles. The van der Waals surface area contributed by atoms with Crippen LogP contribution in [-0.2, 0) is 6.42 Å². The van der Waals surface area contributed by atoms with Crippen LogP contribution in [0.2, 0.25) is 0 Å². The molecule has 3 aromatic carbocycles. The van der Waals surface area contributed by atoms with Gasteiger partial charge in [-0.1, -0.05) is 54.6 Å². The molecule has 3 heteroatoms. The largest absolute Gasteiger partial charge is 0.354 e. The van der Waals surface area contributed by atoms with E-state index in [1.807, 2.05) is 60.7 Å². The zero-order valence-corrected chi connectivity index (χ0v) is 14.1. The maximum Gasteiger partial charge on any atom is 0.150 e. The Morgan fingerprint density at radius 2 is 1.81 bits per heavy atom. The molecular weight excluding hydrogens is 320 g/mol. The van der Waals surface area contributed by atoms with Crippen molar-refractivity contribution in [1.29, 1.82) is 5.26 Å². The molecule has 0 amide bonds. The quantitative estimate of drug-likeness (QED) is 0.526. The number of benzene rings is 3. The molecule has 0 aliphatic heterocycles. The summed E-state index contributed by atoms with van der Waals surface area (Å²) < 4.78 is 0. The number of H-pyrrole nitrogens is 1. The van der Waals surface area contributed by atoms with Gasteiger partial charge in [-0.25, -0.2) is 0 Å². The zero-order chi connectivity index (χ0) is 17.9. The Bertz CT molecular complexity index is 1130. The van der Waals surface area contributed by atoms with E-state index in [4.69, 9.17) is 0 Å². The second-order valence-corrected chi connectivity index (χ2v) is 6.26. The molecule has 3 nitrogen and oxygen atoms in total. The number of nitriles is 1. The number of nitrogens with one attached hydrogen (secondary N) is 1. The minimum Gasteiger partial charge on any atom is -0.354 e. The van der Waals surface area contributed by atoms with Crippen molar-refractivity contribution in [3.05, 3.63) is 95.1 Å². The second kappa shape index (κ2) is 6.70. The van der Waals surface area contributed by atoms with Gasteiger partial charge in [-0.05, 0) is 34.9 Å². The highest BCUT2D eigenvalue weighted by Crippen LogP contribution is 2.32. The van der Waals surface area contributed by atoms with Crippen molar-refractivity contribution >= 4 is 17.2 Å². The standard InChI is InChI=1S/C23H16N2O/c24-14-17-9-10-20-21(12-16-5-4-6-18(11-16)15-26)23(25-22(20)13-17)19-7-2-1-3-8-19/h1-11,13,15,25H,12H2. The number of carbonyl (C=O) groups excluding carboxylic acids is 1. The summed E-state index contributed by atoms with van der Waals surface area (Å²) >= 11 is 0. The number of fused-ring (bicyclic) bond motifs is 1. The van der Waals surface area contributed by atoms with Gasteiger partial charge in [0.1, 0.15) is 6.29 Å². The first kappa shape index (κ1) is 15.9. The van der Waals surface area contributed by atoms with E-state index >= 15 is 0 Å². The third kappa shape index (κ3) is 2.89. The van der Waals surface area contributed by atoms with Gasteiger partial charge in [-0.3, -0.25) is 4.79 Å². The van der Waals surface area contributed by atoms with Gasteiger partial charge in [0.2, 0.25) is 0 Å². The van der Waals surface area contributed by atoms with Crippen molar-refractivity contribution in [3.63, 3.8) is 0 Å². The predicted molar refractivity (Wildman–Crippen MR) is 103 cm³/mol. The van der Waals surface area contributed by atoms with Gasteiger partial charge in [0.25, 0.3) is 0 Å². The third-order valence-corrected chi connectivity index (χ3v) is 4.57. The summed E-state index contributed by atoms with van der Waals surface area (Å²) in [4.78, 5) is 14.6. The Morgan fingerprint density at radius 3 is 2.58 bits per heavy atom. The number of hydrogen-bond acceptors (Lipinski definition) is 2. The van der Waals surface area contributed by atoms with Crippen LogP contribution in [0.3, 0.4) is 0 Å². The molecule has 124 valence electrons. The zero-order valence-electron chi connectivity index (χ0n) is 14.1. The van der Waals surface area contributed by atoms with E-state index in [0.717, 1.165) is 34.0 Å². The fourth-order valence-corrected chi connectivity index (χ4v) is 3.34. The van der Waals surface area contributed by atoms with Crippen LogP contribution >= 0.6 is 0 Å². The molecule has 0 atom stereocenters. The van der Waals surface area contributed by atoms with Gasteiger partial charge >= 0.3 is 0 Å². The Kier molecular flexibility index (Phi) is 4.09. The van der Waals surface area contributed by atoms with Gasteiger partial charge in [0.15, 0.2) is 0 Å². The van der Waals surface area contributed by atoms with Crippen LogP contribution in [0, 0.1) is 11.3 Å². The van der Waals surface area contributed by atoms with Crippen molar-refractivity contribution < 1.29 is 4.79 Å². The molecular formula is C23H16N2O. The van der Waals surface area contributed by atoms with Crippen LogP contribution in [-0.4, -0.2) is 11.3 Å². The Balaban J connectivity index is 1.90. The van der Waals surface area contributed by atoms with Gasteiger partial charge in [0.05, 0.1) is 17.3 Å². The molecule has 0 aliphatic rings. The van der Waals surface area contributed by atoms with Crippen LogP contribution in [0.4, 0.5) is 0 Å². The van der Waals surface area contributed by atoms with Crippen LogP contribution in [0.25, 0.3) is 22.2 Å². The number of nitrogens with zero attached hydrogens (tertiary/aromatic N) is 1. The number of rotatable bonds is 4. The molecule has 0 spiro atoms. The lowest BCUT2D eigenvalue weighted by Crippen LogP contribution is -1.92. The highest BCUT2D eigenvalue weighted by Gasteiger charge is 2.14. The van der Waals surface area contributed by atoms with Crippen LogP contribution in [0.5, 0.6) is 0 Å². The molecule has 1 N–H and O–H groups in total. The van der Waals surface area contributed by atoms with Gasteiger partial charge in [-0.15, -0.1) is 0 Å². The number of aldehydes is 1. The van der Waals surface area contributed by atoms with Crippen molar-refractivity contribution in [1.82, 2.24) is 4.98 Å². The molecule has 1 heterocycles. The molecule has 0 saturated heterocycles. The summed E-state index contributed by atoms with van der Waals surface area (Å²) in [6, 6.07) is 25.7. The van der Waals surface area contributed by atoms with Crippen LogP contribution in [0.15, 0.2) is 72.8 Å². The Labute approximate surface area is 151 Å². The molecule has 4 rings (SSSR count). The number of aromatic amines is 1. The summed E-state index contributed by atoms with van der Waals surface area (Å²) in [7, 11) is 0. The molecule has 4 aromatic rings. The van der Waals surface area contributed by atoms with Crippen molar-refractivity contribution in [2.75, 3.05) is 0 Å². The molecule has 0 bridgehead atoms. The summed E-state index contributed by atoms with van der Waals surface area (Å²) in [5, 5.41) is 10.3. The summed E-state index contributed by atoms with van der Waals surface area (Å²) in [6.07, 6.45) is 1.58. The predicted octanol–water partition coefficient (Wildman–Crippen LogP) is 5.11. The maximum absolute atomic E-state index is 11.1. The van der Waals surface area contributed by atoms with Crippen molar-refractivity contribution in [2.45, 2.75) is 6.42 Å². The Morgan fingerprint density at radius 1 is 0.962 bits per heavy atom. The van der Waals surface area contributed by atoms with Crippen LogP contribution in [0.1, 0.15) is 27.0 Å². The van der Waals surface area contributed by atoms with E-state index in [-0.39, 0.29) is 0 Å². The van der Waals surface area contributed by atoms with E-state index in [9.17, 15) is 10.1 Å². The fourth-order valence-electron chi connectivity index (χ4n) is 3.34. The first-order valence-corrected chi connectivity index (χ1v) is 8.43. The van der Waals surface area contributed by atoms with Crippen LogP contribution < -0.4 is 0 Å². The summed E-state index contributed by atoms with van der Waals surface area (Å²) in [6.45, 7) is 0. The van der Waals surface area contributed by atoms with Gasteiger partial charge < -0.3 is 4.98 Å². The molecule has 26 heavy (non-hydrogen) atoms. The number of carbonyl (C=O) groups is 1. The van der Waals surface area contributed by atoms with Gasteiger partial charge in [-0.2, -0.15) is 5.26 Å². The molecule has 1 aromatic heterocycles. The lowest BCUT2D eigenvalue weighted by Gasteiger charge is -2.06. The van der Waals surface area contributed by atoms with E-state index in [1.165, 1.54) is 5.56 Å². The lowest BCUT2D eigenvalue weighted by molar-refractivity contribution is 0.112. The Hall–Kier alpha value is -3.64. The third-order valence-electron chi connectivity index (χ3n) is 4.57. The van der Waals surface area contributed by atoms with E-state index < -0.39 is 0 Å². The highest BCUT2D eigenvalue weighted by atomic mass is 16.1. The van der Waals surface area contributed by atoms with E-state index in [0.29, 0.717) is 17.5 Å². The molecule has 0 radical (unpaired) electrons. The SMILES string of the molecule is N#Cc1ccc2c(Cc3cccc(C=O)c3)c(-c3ccccc3)[nH]c2c1. The molecule has 0 aliphatic carbocycles. The minimum absolute atomic E-state index is 0.632. The molecule has 0 fully saturated rings.